The van der Waals surface area contributed by atoms with E-state index in [9.17, 15) is 0 Å². The second kappa shape index (κ2) is 8.85. The molecule has 2 aromatic rings. The van der Waals surface area contributed by atoms with Gasteiger partial charge in [0.2, 0.25) is 0 Å². The summed E-state index contributed by atoms with van der Waals surface area (Å²) in [5.41, 5.74) is 9.65. The van der Waals surface area contributed by atoms with Crippen molar-refractivity contribution < 1.29 is 9.47 Å². The molecule has 4 N–H and O–H groups in total. The highest BCUT2D eigenvalue weighted by atomic mass is 16.5. The maximum Gasteiger partial charge on any atom is 0.127 e. The van der Waals surface area contributed by atoms with Gasteiger partial charge in [-0.2, -0.15) is 0 Å². The molecule has 0 amide bonds. The molecule has 0 aliphatic heterocycles. The van der Waals surface area contributed by atoms with E-state index in [1.165, 1.54) is 0 Å². The minimum atomic E-state index is -0.257. The first-order chi connectivity index (χ1) is 12.0. The zero-order valence-corrected chi connectivity index (χ0v) is 15.5. The summed E-state index contributed by atoms with van der Waals surface area (Å²) in [7, 11) is 3.31. The van der Waals surface area contributed by atoms with Crippen LogP contribution in [0.15, 0.2) is 42.5 Å². The van der Waals surface area contributed by atoms with E-state index in [0.717, 1.165) is 28.2 Å². The van der Waals surface area contributed by atoms with Crippen LogP contribution < -0.4 is 21.1 Å². The molecule has 0 aliphatic carbocycles. The van der Waals surface area contributed by atoms with Crippen molar-refractivity contribution in [2.75, 3.05) is 20.8 Å². The van der Waals surface area contributed by atoms with Crippen LogP contribution in [0.4, 0.5) is 0 Å². The average molecular weight is 343 g/mol. The highest BCUT2D eigenvalue weighted by molar-refractivity contribution is 5.49. The highest BCUT2D eigenvalue weighted by Gasteiger charge is 2.19. The van der Waals surface area contributed by atoms with Crippen molar-refractivity contribution in [1.82, 2.24) is 5.01 Å². The Morgan fingerprint density at radius 2 is 1.56 bits per heavy atom. The third-order valence-electron chi connectivity index (χ3n) is 4.26. The molecule has 0 heterocycles. The minimum absolute atomic E-state index is 0.257. The number of nitrogens with zero attached hydrogens (tertiary/aromatic N) is 1. The maximum absolute atomic E-state index is 6.44. The predicted octanol–water partition coefficient (Wildman–Crippen LogP) is 3.20. The number of nitrogens with two attached hydrogens (primary N) is 2. The second-order valence-corrected chi connectivity index (χ2v) is 6.51. The summed E-state index contributed by atoms with van der Waals surface area (Å²) < 4.78 is 11.0. The van der Waals surface area contributed by atoms with Crippen molar-refractivity contribution in [2.45, 2.75) is 32.4 Å². The summed E-state index contributed by atoms with van der Waals surface area (Å²) in [4.78, 5) is 0. The molecule has 0 saturated carbocycles. The van der Waals surface area contributed by atoms with E-state index < -0.39 is 0 Å². The number of methoxy groups -OCH3 is 2. The van der Waals surface area contributed by atoms with Gasteiger partial charge in [0.05, 0.1) is 14.2 Å². The van der Waals surface area contributed by atoms with E-state index in [0.29, 0.717) is 19.0 Å². The zero-order chi connectivity index (χ0) is 18.4. The summed E-state index contributed by atoms with van der Waals surface area (Å²) in [5, 5.41) is 1.73. The molecule has 0 fully saturated rings. The molecular weight excluding hydrogens is 314 g/mol. The van der Waals surface area contributed by atoms with Crippen LogP contribution in [0.2, 0.25) is 0 Å². The Balaban J connectivity index is 2.19. The second-order valence-electron chi connectivity index (χ2n) is 6.51. The van der Waals surface area contributed by atoms with E-state index in [1.54, 1.807) is 19.2 Å². The molecule has 0 spiro atoms. The van der Waals surface area contributed by atoms with Crippen molar-refractivity contribution in [2.24, 2.45) is 11.6 Å². The van der Waals surface area contributed by atoms with Gasteiger partial charge in [-0.1, -0.05) is 44.2 Å². The predicted molar refractivity (Wildman–Crippen MR) is 102 cm³/mol. The SMILES string of the molecule is COc1cc(OC)c(C(N)CN(N)Cc2ccccc2)cc1C(C)C. The third kappa shape index (κ3) is 4.95. The summed E-state index contributed by atoms with van der Waals surface area (Å²) in [5.74, 6) is 8.04. The van der Waals surface area contributed by atoms with Crippen molar-refractivity contribution in [3.05, 3.63) is 59.2 Å². The van der Waals surface area contributed by atoms with Crippen molar-refractivity contribution >= 4 is 0 Å². The lowest BCUT2D eigenvalue weighted by atomic mass is 9.95. The minimum Gasteiger partial charge on any atom is -0.496 e. The van der Waals surface area contributed by atoms with Crippen LogP contribution in [0.5, 0.6) is 11.5 Å². The van der Waals surface area contributed by atoms with Gasteiger partial charge in [-0.3, -0.25) is 5.84 Å². The Morgan fingerprint density at radius 3 is 2.12 bits per heavy atom. The number of hydrogen-bond acceptors (Lipinski definition) is 5. The third-order valence-corrected chi connectivity index (χ3v) is 4.26. The fourth-order valence-electron chi connectivity index (χ4n) is 2.92. The van der Waals surface area contributed by atoms with Crippen LogP contribution >= 0.6 is 0 Å². The van der Waals surface area contributed by atoms with Gasteiger partial charge in [-0.15, -0.1) is 0 Å². The Labute approximate surface area is 150 Å². The Bertz CT molecular complexity index is 674. The van der Waals surface area contributed by atoms with Crippen LogP contribution in [-0.4, -0.2) is 25.8 Å². The van der Waals surface area contributed by atoms with Gasteiger partial charge in [0.25, 0.3) is 0 Å². The summed E-state index contributed by atoms with van der Waals surface area (Å²) in [6.45, 7) is 5.42. The van der Waals surface area contributed by atoms with Crippen LogP contribution in [0, 0.1) is 0 Å². The monoisotopic (exact) mass is 343 g/mol. The quantitative estimate of drug-likeness (QED) is 0.569. The number of ether oxygens (including phenoxy) is 2. The molecule has 136 valence electrons. The molecule has 0 aliphatic rings. The molecule has 0 radical (unpaired) electrons. The molecular formula is C20H29N3O2. The molecule has 2 aromatic carbocycles. The van der Waals surface area contributed by atoms with Gasteiger partial charge >= 0.3 is 0 Å². The van der Waals surface area contributed by atoms with E-state index in [1.807, 2.05) is 24.3 Å². The molecule has 1 atom stereocenters. The fraction of sp³-hybridized carbons (Fsp3) is 0.400. The normalized spacial score (nSPS) is 12.5. The van der Waals surface area contributed by atoms with Gasteiger partial charge in [-0.25, -0.2) is 5.01 Å². The van der Waals surface area contributed by atoms with E-state index in [-0.39, 0.29) is 6.04 Å². The van der Waals surface area contributed by atoms with Crippen LogP contribution in [0.3, 0.4) is 0 Å². The first-order valence-electron chi connectivity index (χ1n) is 8.51. The lowest BCUT2D eigenvalue weighted by molar-refractivity contribution is 0.255. The Hall–Kier alpha value is -2.08. The van der Waals surface area contributed by atoms with Crippen molar-refractivity contribution in [3.8, 4) is 11.5 Å². The molecule has 5 nitrogen and oxygen atoms in total. The van der Waals surface area contributed by atoms with E-state index in [2.05, 4.69) is 32.0 Å². The van der Waals surface area contributed by atoms with Gasteiger partial charge in [0, 0.05) is 30.8 Å². The molecule has 2 rings (SSSR count). The molecule has 0 saturated heterocycles. The number of benzene rings is 2. The standard InChI is InChI=1S/C20H29N3O2/c1-14(2)16-10-17(20(25-4)11-19(16)24-3)18(21)13-23(22)12-15-8-6-5-7-9-15/h5-11,14,18H,12-13,21-22H2,1-4H3. The lowest BCUT2D eigenvalue weighted by Crippen LogP contribution is -2.37. The van der Waals surface area contributed by atoms with Crippen molar-refractivity contribution in [1.29, 1.82) is 0 Å². The van der Waals surface area contributed by atoms with Gasteiger partial charge < -0.3 is 15.2 Å². The number of hydrogen-bond donors (Lipinski definition) is 2. The fourth-order valence-corrected chi connectivity index (χ4v) is 2.92. The van der Waals surface area contributed by atoms with Gasteiger partial charge in [0.15, 0.2) is 0 Å². The average Bonchev–Trinajstić information content (AvgIpc) is 2.60. The Morgan fingerprint density at radius 1 is 0.960 bits per heavy atom. The topological polar surface area (TPSA) is 73.7 Å². The van der Waals surface area contributed by atoms with Crippen LogP contribution in [0.1, 0.15) is 42.5 Å². The molecule has 0 bridgehead atoms. The van der Waals surface area contributed by atoms with Crippen molar-refractivity contribution in [3.63, 3.8) is 0 Å². The lowest BCUT2D eigenvalue weighted by Gasteiger charge is -2.24. The van der Waals surface area contributed by atoms with Gasteiger partial charge in [-0.05, 0) is 23.1 Å². The first kappa shape index (κ1) is 19.2. The number of hydrazine groups is 1. The van der Waals surface area contributed by atoms with E-state index >= 15 is 0 Å². The summed E-state index contributed by atoms with van der Waals surface area (Å²) >= 11 is 0. The smallest absolute Gasteiger partial charge is 0.127 e. The zero-order valence-electron chi connectivity index (χ0n) is 15.5. The van der Waals surface area contributed by atoms with E-state index in [4.69, 9.17) is 21.1 Å². The van der Waals surface area contributed by atoms with Crippen LogP contribution in [0.25, 0.3) is 0 Å². The summed E-state index contributed by atoms with van der Waals surface area (Å²) in [6, 6.07) is 13.8. The molecule has 5 heteroatoms. The summed E-state index contributed by atoms with van der Waals surface area (Å²) in [6.07, 6.45) is 0. The Kier molecular flexibility index (Phi) is 6.82. The van der Waals surface area contributed by atoms with Crippen LogP contribution in [-0.2, 0) is 6.54 Å². The largest absolute Gasteiger partial charge is 0.496 e. The number of rotatable bonds is 8. The molecule has 25 heavy (non-hydrogen) atoms. The first-order valence-corrected chi connectivity index (χ1v) is 8.51. The highest BCUT2D eigenvalue weighted by Crippen LogP contribution is 2.36. The molecule has 0 aromatic heterocycles. The molecule has 1 unspecified atom stereocenters. The maximum atomic E-state index is 6.44. The van der Waals surface area contributed by atoms with Gasteiger partial charge in [0.1, 0.15) is 11.5 Å².